The quantitative estimate of drug-likeness (QED) is 0.829. The van der Waals surface area contributed by atoms with E-state index in [0.29, 0.717) is 26.9 Å². The van der Waals surface area contributed by atoms with E-state index in [4.69, 9.17) is 39.5 Å². The molecule has 0 amide bonds. The van der Waals surface area contributed by atoms with Crippen LogP contribution in [0.25, 0.3) is 0 Å². The number of benzene rings is 2. The summed E-state index contributed by atoms with van der Waals surface area (Å²) in [6.07, 6.45) is 0. The normalized spacial score (nSPS) is 12.3. The van der Waals surface area contributed by atoms with Crippen molar-refractivity contribution in [1.29, 1.82) is 0 Å². The van der Waals surface area contributed by atoms with Gasteiger partial charge in [-0.2, -0.15) is 0 Å². The summed E-state index contributed by atoms with van der Waals surface area (Å²) in [7, 11) is 3.25. The number of rotatable bonds is 4. The minimum atomic E-state index is -0.481. The molecule has 112 valence electrons. The summed E-state index contributed by atoms with van der Waals surface area (Å²) < 4.78 is 18.8. The SMILES string of the molecule is CNC(c1cc(Cl)c(OC)cc1Cl)c1cccc(F)c1Cl. The maximum atomic E-state index is 13.7. The van der Waals surface area contributed by atoms with E-state index >= 15 is 0 Å². The van der Waals surface area contributed by atoms with Gasteiger partial charge in [0.05, 0.1) is 23.2 Å². The van der Waals surface area contributed by atoms with Crippen molar-refractivity contribution in [1.82, 2.24) is 5.32 Å². The fraction of sp³-hybridized carbons (Fsp3) is 0.200. The van der Waals surface area contributed by atoms with Gasteiger partial charge in [-0.05, 0) is 30.3 Å². The van der Waals surface area contributed by atoms with Crippen LogP contribution in [0, 0.1) is 5.82 Å². The molecule has 0 bridgehead atoms. The van der Waals surface area contributed by atoms with Crippen LogP contribution in [0.3, 0.4) is 0 Å². The molecule has 2 aromatic carbocycles. The molecule has 1 atom stereocenters. The minimum absolute atomic E-state index is 0.0554. The van der Waals surface area contributed by atoms with E-state index in [2.05, 4.69) is 5.32 Å². The highest BCUT2D eigenvalue weighted by molar-refractivity contribution is 6.35. The largest absolute Gasteiger partial charge is 0.495 e. The van der Waals surface area contributed by atoms with Crippen molar-refractivity contribution in [2.75, 3.05) is 14.2 Å². The lowest BCUT2D eigenvalue weighted by Gasteiger charge is -2.21. The first kappa shape index (κ1) is 16.4. The molecule has 0 spiro atoms. The molecule has 0 aliphatic heterocycles. The first-order chi connectivity index (χ1) is 9.99. The topological polar surface area (TPSA) is 21.3 Å². The number of halogens is 4. The smallest absolute Gasteiger partial charge is 0.142 e. The Hall–Kier alpha value is -1.00. The standard InChI is InChI=1S/C15H13Cl3FNO/c1-20-15(8-4-3-5-12(19)14(8)18)9-6-11(17)13(21-2)7-10(9)16/h3-7,15,20H,1-2H3. The molecule has 0 aliphatic carbocycles. The van der Waals surface area contributed by atoms with Crippen LogP contribution in [0.5, 0.6) is 5.75 Å². The summed E-state index contributed by atoms with van der Waals surface area (Å²) >= 11 is 18.5. The van der Waals surface area contributed by atoms with E-state index in [1.165, 1.54) is 13.2 Å². The molecule has 2 rings (SSSR count). The Morgan fingerprint density at radius 3 is 2.43 bits per heavy atom. The van der Waals surface area contributed by atoms with Gasteiger partial charge in [-0.3, -0.25) is 0 Å². The molecule has 0 aromatic heterocycles. The van der Waals surface area contributed by atoms with Crippen molar-refractivity contribution < 1.29 is 9.13 Å². The number of hydrogen-bond donors (Lipinski definition) is 1. The van der Waals surface area contributed by atoms with Crippen molar-refractivity contribution in [3.8, 4) is 5.75 Å². The van der Waals surface area contributed by atoms with Gasteiger partial charge in [0.2, 0.25) is 0 Å². The zero-order valence-corrected chi connectivity index (χ0v) is 13.7. The van der Waals surface area contributed by atoms with Crippen LogP contribution in [0.4, 0.5) is 4.39 Å². The Bertz CT molecular complexity index is 664. The fourth-order valence-corrected chi connectivity index (χ4v) is 2.89. The highest BCUT2D eigenvalue weighted by Crippen LogP contribution is 2.38. The first-order valence-corrected chi connectivity index (χ1v) is 7.27. The average Bonchev–Trinajstić information content (AvgIpc) is 2.47. The maximum Gasteiger partial charge on any atom is 0.142 e. The Morgan fingerprint density at radius 1 is 1.10 bits per heavy atom. The summed E-state index contributed by atoms with van der Waals surface area (Å²) in [5.74, 6) is -0.00393. The van der Waals surface area contributed by atoms with Crippen molar-refractivity contribution in [2.24, 2.45) is 0 Å². The van der Waals surface area contributed by atoms with E-state index < -0.39 is 5.82 Å². The summed E-state index contributed by atoms with van der Waals surface area (Å²) in [5, 5.41) is 4.00. The second-order valence-corrected chi connectivity index (χ2v) is 5.57. The number of nitrogens with one attached hydrogen (secondary N) is 1. The van der Waals surface area contributed by atoms with Gasteiger partial charge in [0.15, 0.2) is 0 Å². The molecule has 0 fully saturated rings. The van der Waals surface area contributed by atoms with Crippen LogP contribution in [0.1, 0.15) is 17.2 Å². The van der Waals surface area contributed by atoms with Crippen LogP contribution < -0.4 is 10.1 Å². The third kappa shape index (κ3) is 3.27. The molecule has 0 saturated carbocycles. The molecule has 0 saturated heterocycles. The lowest BCUT2D eigenvalue weighted by molar-refractivity contribution is 0.415. The molecule has 2 aromatic rings. The fourth-order valence-electron chi connectivity index (χ4n) is 2.14. The first-order valence-electron chi connectivity index (χ1n) is 6.13. The predicted octanol–water partition coefficient (Wildman–Crippen LogP) is 5.10. The van der Waals surface area contributed by atoms with Crippen LogP contribution in [-0.4, -0.2) is 14.2 Å². The van der Waals surface area contributed by atoms with Crippen molar-refractivity contribution >= 4 is 34.8 Å². The van der Waals surface area contributed by atoms with E-state index in [-0.39, 0.29) is 11.1 Å². The van der Waals surface area contributed by atoms with Crippen LogP contribution in [-0.2, 0) is 0 Å². The van der Waals surface area contributed by atoms with Gasteiger partial charge in [0.1, 0.15) is 11.6 Å². The van der Waals surface area contributed by atoms with E-state index in [1.807, 2.05) is 0 Å². The second-order valence-electron chi connectivity index (χ2n) is 4.37. The van der Waals surface area contributed by atoms with Crippen LogP contribution in [0.2, 0.25) is 15.1 Å². The molecule has 6 heteroatoms. The Labute approximate surface area is 137 Å². The van der Waals surface area contributed by atoms with Gasteiger partial charge >= 0.3 is 0 Å². The summed E-state index contributed by atoms with van der Waals surface area (Å²) in [6, 6.07) is 7.56. The Morgan fingerprint density at radius 2 is 1.81 bits per heavy atom. The lowest BCUT2D eigenvalue weighted by Crippen LogP contribution is -2.19. The molecule has 21 heavy (non-hydrogen) atoms. The highest BCUT2D eigenvalue weighted by Gasteiger charge is 2.21. The highest BCUT2D eigenvalue weighted by atomic mass is 35.5. The lowest BCUT2D eigenvalue weighted by atomic mass is 9.98. The second kappa shape index (κ2) is 6.84. The minimum Gasteiger partial charge on any atom is -0.495 e. The molecule has 1 unspecified atom stereocenters. The van der Waals surface area contributed by atoms with Gasteiger partial charge in [-0.1, -0.05) is 46.9 Å². The average molecular weight is 349 g/mol. The molecular weight excluding hydrogens is 336 g/mol. The summed E-state index contributed by atoms with van der Waals surface area (Å²) in [4.78, 5) is 0. The van der Waals surface area contributed by atoms with Crippen molar-refractivity contribution in [3.05, 3.63) is 62.3 Å². The predicted molar refractivity (Wildman–Crippen MR) is 85.3 cm³/mol. The van der Waals surface area contributed by atoms with E-state index in [1.54, 1.807) is 31.3 Å². The number of methoxy groups -OCH3 is 1. The third-order valence-electron chi connectivity index (χ3n) is 3.16. The van der Waals surface area contributed by atoms with Gasteiger partial charge in [0.25, 0.3) is 0 Å². The van der Waals surface area contributed by atoms with Gasteiger partial charge < -0.3 is 10.1 Å². The molecule has 2 nitrogen and oxygen atoms in total. The molecule has 0 heterocycles. The molecule has 0 aliphatic rings. The van der Waals surface area contributed by atoms with Gasteiger partial charge in [-0.25, -0.2) is 4.39 Å². The number of ether oxygens (including phenoxy) is 1. The summed E-state index contributed by atoms with van der Waals surface area (Å²) in [5.41, 5.74) is 1.28. The van der Waals surface area contributed by atoms with Crippen LogP contribution >= 0.6 is 34.8 Å². The van der Waals surface area contributed by atoms with Gasteiger partial charge in [0, 0.05) is 11.1 Å². The van der Waals surface area contributed by atoms with E-state index in [0.717, 1.165) is 0 Å². The van der Waals surface area contributed by atoms with Crippen LogP contribution in [0.15, 0.2) is 30.3 Å². The van der Waals surface area contributed by atoms with E-state index in [9.17, 15) is 4.39 Å². The van der Waals surface area contributed by atoms with Crippen molar-refractivity contribution in [3.63, 3.8) is 0 Å². The molecule has 0 radical (unpaired) electrons. The maximum absolute atomic E-state index is 13.7. The summed E-state index contributed by atoms with van der Waals surface area (Å²) in [6.45, 7) is 0. The zero-order chi connectivity index (χ0) is 15.6. The van der Waals surface area contributed by atoms with Crippen molar-refractivity contribution in [2.45, 2.75) is 6.04 Å². The Balaban J connectivity index is 2.57. The monoisotopic (exact) mass is 347 g/mol. The number of hydrogen-bond acceptors (Lipinski definition) is 2. The van der Waals surface area contributed by atoms with Gasteiger partial charge in [-0.15, -0.1) is 0 Å². The molecular formula is C15H13Cl3FNO. The zero-order valence-electron chi connectivity index (χ0n) is 11.4. The molecule has 1 N–H and O–H groups in total. The third-order valence-corrected chi connectivity index (χ3v) is 4.18. The Kier molecular flexibility index (Phi) is 5.33.